The number of nitrogens with zero attached hydrogens (tertiary/aromatic N) is 5. The van der Waals surface area contributed by atoms with Crippen molar-refractivity contribution in [2.75, 3.05) is 51.2 Å². The van der Waals surface area contributed by atoms with E-state index in [1.807, 2.05) is 11.1 Å². The quantitative estimate of drug-likeness (QED) is 0.772. The first-order valence-electron chi connectivity index (χ1n) is 10.4. The Morgan fingerprint density at radius 3 is 2.59 bits per heavy atom. The number of rotatable bonds is 5. The molecule has 0 radical (unpaired) electrons. The van der Waals surface area contributed by atoms with E-state index in [2.05, 4.69) is 21.9 Å². The van der Waals surface area contributed by atoms with Gasteiger partial charge in [-0.05, 0) is 44.6 Å². The fourth-order valence-electron chi connectivity index (χ4n) is 4.18. The lowest BCUT2D eigenvalue weighted by molar-refractivity contribution is -0.133. The monoisotopic (exact) mass is 373 g/mol. The SMILES string of the molecule is CN1CCN(C(=O)CC2CCCN(c3cnn(CC4CC4)c(=O)c3)C2)CC1. The molecule has 2 saturated heterocycles. The lowest BCUT2D eigenvalue weighted by Crippen LogP contribution is -2.48. The number of amides is 1. The van der Waals surface area contributed by atoms with E-state index >= 15 is 0 Å². The summed E-state index contributed by atoms with van der Waals surface area (Å²) in [5, 5.41) is 4.38. The summed E-state index contributed by atoms with van der Waals surface area (Å²) in [6.07, 6.45) is 7.02. The minimum atomic E-state index is -0.00460. The van der Waals surface area contributed by atoms with Crippen molar-refractivity contribution in [3.05, 3.63) is 22.6 Å². The standard InChI is InChI=1S/C20H31N5O2/c1-22-7-9-23(10-8-22)19(26)11-17-3-2-6-24(14-17)18-12-20(27)25(21-13-18)15-16-4-5-16/h12-13,16-17H,2-11,14-15H2,1H3. The maximum Gasteiger partial charge on any atom is 0.268 e. The molecule has 7 heteroatoms. The Hall–Kier alpha value is -1.89. The number of piperidine rings is 1. The second kappa shape index (κ2) is 8.00. The van der Waals surface area contributed by atoms with Crippen LogP contribution < -0.4 is 10.5 Å². The van der Waals surface area contributed by atoms with Crippen molar-refractivity contribution in [1.82, 2.24) is 19.6 Å². The highest BCUT2D eigenvalue weighted by atomic mass is 16.2. The van der Waals surface area contributed by atoms with E-state index in [-0.39, 0.29) is 11.5 Å². The fraction of sp³-hybridized carbons (Fsp3) is 0.750. The summed E-state index contributed by atoms with van der Waals surface area (Å²) >= 11 is 0. The highest BCUT2D eigenvalue weighted by Crippen LogP contribution is 2.30. The van der Waals surface area contributed by atoms with Gasteiger partial charge in [-0.15, -0.1) is 0 Å². The second-order valence-corrected chi connectivity index (χ2v) is 8.52. The first-order chi connectivity index (χ1) is 13.1. The lowest BCUT2D eigenvalue weighted by atomic mass is 9.94. The molecule has 0 bridgehead atoms. The van der Waals surface area contributed by atoms with Gasteiger partial charge in [-0.1, -0.05) is 0 Å². The minimum absolute atomic E-state index is 0.00460. The maximum atomic E-state index is 12.6. The third-order valence-electron chi connectivity index (χ3n) is 6.19. The van der Waals surface area contributed by atoms with Gasteiger partial charge in [-0.2, -0.15) is 5.10 Å². The predicted octanol–water partition coefficient (Wildman–Crippen LogP) is 1.03. The van der Waals surface area contributed by atoms with Gasteiger partial charge in [0, 0.05) is 58.3 Å². The van der Waals surface area contributed by atoms with Crippen LogP contribution in [-0.2, 0) is 11.3 Å². The van der Waals surface area contributed by atoms with Gasteiger partial charge in [0.15, 0.2) is 0 Å². The van der Waals surface area contributed by atoms with Crippen molar-refractivity contribution in [2.24, 2.45) is 11.8 Å². The number of hydrogen-bond donors (Lipinski definition) is 0. The molecule has 1 aliphatic carbocycles. The summed E-state index contributed by atoms with van der Waals surface area (Å²) in [7, 11) is 2.10. The van der Waals surface area contributed by atoms with E-state index in [9.17, 15) is 9.59 Å². The van der Waals surface area contributed by atoms with E-state index in [4.69, 9.17) is 0 Å². The topological polar surface area (TPSA) is 61.7 Å². The zero-order chi connectivity index (χ0) is 18.8. The van der Waals surface area contributed by atoms with Gasteiger partial charge in [0.05, 0.1) is 11.9 Å². The summed E-state index contributed by atoms with van der Waals surface area (Å²) in [5.74, 6) is 1.29. The van der Waals surface area contributed by atoms with Gasteiger partial charge in [-0.25, -0.2) is 4.68 Å². The number of likely N-dealkylation sites (N-methyl/N-ethyl adjacent to an activating group) is 1. The lowest BCUT2D eigenvalue weighted by Gasteiger charge is -2.36. The molecule has 1 saturated carbocycles. The number of piperazine rings is 1. The molecular weight excluding hydrogens is 342 g/mol. The first kappa shape index (κ1) is 18.5. The molecule has 3 fully saturated rings. The van der Waals surface area contributed by atoms with E-state index in [1.165, 1.54) is 12.8 Å². The zero-order valence-corrected chi connectivity index (χ0v) is 16.3. The van der Waals surface area contributed by atoms with Crippen LogP contribution in [0.4, 0.5) is 5.69 Å². The molecule has 0 N–H and O–H groups in total. The van der Waals surface area contributed by atoms with E-state index in [1.54, 1.807) is 10.7 Å². The van der Waals surface area contributed by atoms with Gasteiger partial charge < -0.3 is 14.7 Å². The van der Waals surface area contributed by atoms with Crippen LogP contribution in [0.2, 0.25) is 0 Å². The Bertz CT molecular complexity index is 721. The number of carbonyl (C=O) groups excluding carboxylic acids is 1. The van der Waals surface area contributed by atoms with Gasteiger partial charge in [0.25, 0.3) is 5.56 Å². The Morgan fingerprint density at radius 1 is 1.11 bits per heavy atom. The highest BCUT2D eigenvalue weighted by Gasteiger charge is 2.27. The van der Waals surface area contributed by atoms with Crippen molar-refractivity contribution in [3.8, 4) is 0 Å². The molecule has 1 amide bonds. The number of hydrogen-bond acceptors (Lipinski definition) is 5. The summed E-state index contributed by atoms with van der Waals surface area (Å²) in [6.45, 7) is 6.14. The van der Waals surface area contributed by atoms with Crippen LogP contribution in [0, 0.1) is 11.8 Å². The molecule has 1 unspecified atom stereocenters. The first-order valence-corrected chi connectivity index (χ1v) is 10.4. The Balaban J connectivity index is 1.34. The van der Waals surface area contributed by atoms with Gasteiger partial charge in [0.1, 0.15) is 0 Å². The molecule has 0 aromatic carbocycles. The van der Waals surface area contributed by atoms with Crippen LogP contribution in [0.3, 0.4) is 0 Å². The van der Waals surface area contributed by atoms with Crippen molar-refractivity contribution in [2.45, 2.75) is 38.6 Å². The minimum Gasteiger partial charge on any atom is -0.370 e. The van der Waals surface area contributed by atoms with Crippen LogP contribution in [0.25, 0.3) is 0 Å². The van der Waals surface area contributed by atoms with Crippen molar-refractivity contribution in [3.63, 3.8) is 0 Å². The molecule has 148 valence electrons. The van der Waals surface area contributed by atoms with Gasteiger partial charge in [-0.3, -0.25) is 9.59 Å². The number of aromatic nitrogens is 2. The number of carbonyl (C=O) groups is 1. The van der Waals surface area contributed by atoms with Crippen LogP contribution in [0.5, 0.6) is 0 Å². The molecule has 27 heavy (non-hydrogen) atoms. The molecule has 4 rings (SSSR count). The van der Waals surface area contributed by atoms with Crippen LogP contribution in [0.15, 0.2) is 17.1 Å². The molecule has 1 aromatic heterocycles. The molecule has 3 aliphatic rings. The average Bonchev–Trinajstić information content (AvgIpc) is 3.48. The Labute approximate surface area is 160 Å². The van der Waals surface area contributed by atoms with Crippen molar-refractivity contribution in [1.29, 1.82) is 0 Å². The summed E-state index contributed by atoms with van der Waals surface area (Å²) < 4.78 is 1.60. The van der Waals surface area contributed by atoms with E-state index in [0.29, 0.717) is 18.3 Å². The predicted molar refractivity (Wildman–Crippen MR) is 105 cm³/mol. The molecule has 1 aromatic rings. The summed E-state index contributed by atoms with van der Waals surface area (Å²) in [6, 6.07) is 1.72. The largest absolute Gasteiger partial charge is 0.370 e. The second-order valence-electron chi connectivity index (χ2n) is 8.52. The third kappa shape index (κ3) is 4.69. The van der Waals surface area contributed by atoms with Gasteiger partial charge in [0.2, 0.25) is 5.91 Å². The molecule has 1 atom stereocenters. The van der Waals surface area contributed by atoms with Crippen molar-refractivity contribution >= 4 is 11.6 Å². The molecule has 7 nitrogen and oxygen atoms in total. The maximum absolute atomic E-state index is 12.6. The smallest absolute Gasteiger partial charge is 0.268 e. The van der Waals surface area contributed by atoms with E-state index in [0.717, 1.165) is 64.3 Å². The van der Waals surface area contributed by atoms with Crippen LogP contribution >= 0.6 is 0 Å². The van der Waals surface area contributed by atoms with Crippen LogP contribution in [0.1, 0.15) is 32.1 Å². The average molecular weight is 374 g/mol. The third-order valence-corrected chi connectivity index (χ3v) is 6.19. The fourth-order valence-corrected chi connectivity index (χ4v) is 4.18. The highest BCUT2D eigenvalue weighted by molar-refractivity contribution is 5.76. The Morgan fingerprint density at radius 2 is 1.89 bits per heavy atom. The zero-order valence-electron chi connectivity index (χ0n) is 16.3. The normalized spacial score (nSPS) is 24.3. The van der Waals surface area contributed by atoms with Gasteiger partial charge >= 0.3 is 0 Å². The summed E-state index contributed by atoms with van der Waals surface area (Å²) in [4.78, 5) is 31.5. The van der Waals surface area contributed by atoms with Crippen LogP contribution in [-0.4, -0.2) is 71.8 Å². The molecule has 3 heterocycles. The Kier molecular flexibility index (Phi) is 5.48. The molecular formula is C20H31N5O2. The number of anilines is 1. The van der Waals surface area contributed by atoms with E-state index < -0.39 is 0 Å². The summed E-state index contributed by atoms with van der Waals surface area (Å²) in [5.41, 5.74) is 0.902. The van der Waals surface area contributed by atoms with Crippen molar-refractivity contribution < 1.29 is 4.79 Å². The molecule has 2 aliphatic heterocycles. The molecule has 0 spiro atoms.